The van der Waals surface area contributed by atoms with Gasteiger partial charge in [-0.05, 0) is 74.8 Å². The lowest BCUT2D eigenvalue weighted by Gasteiger charge is -2.12. The third kappa shape index (κ3) is 15.6. The first-order valence-corrected chi connectivity index (χ1v) is 22.3. The van der Waals surface area contributed by atoms with Gasteiger partial charge in [-0.15, -0.1) is 22.7 Å². The number of nitrogens with one attached hydrogen (secondary N) is 2. The molecule has 0 saturated carbocycles. The second-order valence-corrected chi connectivity index (χ2v) is 18.4. The summed E-state index contributed by atoms with van der Waals surface area (Å²) in [6, 6.07) is 11.0. The second-order valence-electron chi connectivity index (χ2n) is 14.6. The van der Waals surface area contributed by atoms with Gasteiger partial charge < -0.3 is 26.6 Å². The number of rotatable bonds is 22. The Kier molecular flexibility index (Phi) is 20.7. The Morgan fingerprint density at radius 3 is 1.43 bits per heavy atom. The van der Waals surface area contributed by atoms with E-state index in [2.05, 4.69) is 45.3 Å². The van der Waals surface area contributed by atoms with Crippen molar-refractivity contribution in [2.45, 2.75) is 92.4 Å². The molecule has 6 N–H and O–H groups in total. The van der Waals surface area contributed by atoms with E-state index in [1.165, 1.54) is 0 Å². The number of aliphatic carboxylic acids is 2. The molecule has 0 fully saturated rings. The number of nitrogens with two attached hydrogens (primary N) is 1. The lowest BCUT2D eigenvalue weighted by atomic mass is 10.0. The van der Waals surface area contributed by atoms with Gasteiger partial charge in [0.15, 0.2) is 10.3 Å². The molecule has 308 valence electrons. The first-order valence-electron chi connectivity index (χ1n) is 19.2. The Bertz CT molecular complexity index is 1720. The molecule has 0 radical (unpaired) electrons. The maximum atomic E-state index is 11.5. The summed E-state index contributed by atoms with van der Waals surface area (Å²) in [7, 11) is 0. The van der Waals surface area contributed by atoms with Crippen LogP contribution in [-0.4, -0.2) is 51.8 Å². The maximum Gasteiger partial charge on any atom is 0.308 e. The van der Waals surface area contributed by atoms with Crippen molar-refractivity contribution < 1.29 is 19.8 Å². The predicted octanol–water partition coefficient (Wildman–Crippen LogP) is 12.6. The van der Waals surface area contributed by atoms with E-state index in [4.69, 9.17) is 62.1 Å². The number of aromatic nitrogens is 2. The van der Waals surface area contributed by atoms with Crippen molar-refractivity contribution >= 4 is 91.3 Å². The largest absolute Gasteiger partial charge is 0.481 e. The molecule has 15 heteroatoms. The summed E-state index contributed by atoms with van der Waals surface area (Å²) in [6.45, 7) is 12.1. The van der Waals surface area contributed by atoms with Crippen LogP contribution in [0.5, 0.6) is 0 Å². The quantitative estimate of drug-likeness (QED) is 0.0486. The molecule has 2 aromatic heterocycles. The van der Waals surface area contributed by atoms with E-state index in [0.29, 0.717) is 64.4 Å². The van der Waals surface area contributed by atoms with Gasteiger partial charge in [0.05, 0.1) is 43.3 Å². The van der Waals surface area contributed by atoms with Crippen LogP contribution in [-0.2, 0) is 22.4 Å². The van der Waals surface area contributed by atoms with Crippen LogP contribution in [0.2, 0.25) is 20.1 Å². The van der Waals surface area contributed by atoms with E-state index in [1.54, 1.807) is 34.8 Å². The van der Waals surface area contributed by atoms with Gasteiger partial charge in [0, 0.05) is 34.0 Å². The predicted molar refractivity (Wildman–Crippen MR) is 239 cm³/mol. The van der Waals surface area contributed by atoms with Gasteiger partial charge in [-0.3, -0.25) is 9.59 Å². The summed E-state index contributed by atoms with van der Waals surface area (Å²) in [6.07, 6.45) is 7.77. The van der Waals surface area contributed by atoms with Crippen molar-refractivity contribution in [2.75, 3.05) is 30.3 Å². The Labute approximate surface area is 359 Å². The SMILES string of the molecule is CC(C)Cc1sc(NCC(CCCCN)C(=O)O)nc1-c1ccc(Cl)c(Cl)c1.CCCCCC(CNc1nc(-c2ccc(Cl)c(Cl)c2)c(CC(C)C)s1)C(=O)O. The molecule has 0 aliphatic rings. The third-order valence-electron chi connectivity index (χ3n) is 8.83. The fourth-order valence-electron chi connectivity index (χ4n) is 5.83. The zero-order chi connectivity index (χ0) is 41.4. The molecule has 0 saturated heterocycles. The molecule has 2 heterocycles. The van der Waals surface area contributed by atoms with Crippen LogP contribution in [0.15, 0.2) is 36.4 Å². The number of unbranched alkanes of at least 4 members (excludes halogenated alkanes) is 3. The van der Waals surface area contributed by atoms with Gasteiger partial charge >= 0.3 is 11.9 Å². The number of anilines is 2. The molecule has 2 atom stereocenters. The van der Waals surface area contributed by atoms with Gasteiger partial charge in [0.25, 0.3) is 0 Å². The van der Waals surface area contributed by atoms with E-state index in [9.17, 15) is 19.8 Å². The number of benzene rings is 2. The maximum absolute atomic E-state index is 11.5. The van der Waals surface area contributed by atoms with E-state index in [1.807, 2.05) is 24.3 Å². The smallest absolute Gasteiger partial charge is 0.308 e. The monoisotopic (exact) mass is 885 g/mol. The molecule has 0 bridgehead atoms. The summed E-state index contributed by atoms with van der Waals surface area (Å²) < 4.78 is 0. The average Bonchev–Trinajstić information content (AvgIpc) is 3.72. The highest BCUT2D eigenvalue weighted by molar-refractivity contribution is 7.16. The molecule has 9 nitrogen and oxygen atoms in total. The van der Waals surface area contributed by atoms with E-state index in [-0.39, 0.29) is 0 Å². The molecule has 4 aromatic rings. The summed E-state index contributed by atoms with van der Waals surface area (Å²) in [5, 5.41) is 28.9. The van der Waals surface area contributed by atoms with E-state index >= 15 is 0 Å². The van der Waals surface area contributed by atoms with E-state index < -0.39 is 23.8 Å². The van der Waals surface area contributed by atoms with Crippen molar-refractivity contribution in [3.63, 3.8) is 0 Å². The zero-order valence-electron chi connectivity index (χ0n) is 32.8. The van der Waals surface area contributed by atoms with Crippen LogP contribution in [0, 0.1) is 23.7 Å². The van der Waals surface area contributed by atoms with Crippen molar-refractivity contribution in [3.05, 3.63) is 66.2 Å². The van der Waals surface area contributed by atoms with E-state index in [0.717, 1.165) is 87.5 Å². The normalized spacial score (nSPS) is 12.4. The average molecular weight is 888 g/mol. The summed E-state index contributed by atoms with van der Waals surface area (Å²) in [4.78, 5) is 34.8. The molecule has 0 aliphatic carbocycles. The fraction of sp³-hybridized carbons (Fsp3) is 0.512. The second kappa shape index (κ2) is 24.3. The highest BCUT2D eigenvalue weighted by atomic mass is 35.5. The molecule has 0 aliphatic heterocycles. The van der Waals surface area contributed by atoms with Crippen LogP contribution in [0.1, 0.15) is 89.3 Å². The number of carboxylic acid groups (broad SMARTS) is 2. The van der Waals surface area contributed by atoms with Gasteiger partial charge in [0.2, 0.25) is 0 Å². The first kappa shape index (κ1) is 47.7. The fourth-order valence-corrected chi connectivity index (χ4v) is 8.83. The highest BCUT2D eigenvalue weighted by Gasteiger charge is 2.21. The molecule has 4 rings (SSSR count). The zero-order valence-corrected chi connectivity index (χ0v) is 37.4. The molecule has 56 heavy (non-hydrogen) atoms. The molecular weight excluding hydrogens is 832 g/mol. The lowest BCUT2D eigenvalue weighted by Crippen LogP contribution is -2.23. The van der Waals surface area contributed by atoms with Crippen LogP contribution in [0.25, 0.3) is 22.5 Å². The van der Waals surface area contributed by atoms with Crippen LogP contribution in [0.3, 0.4) is 0 Å². The lowest BCUT2D eigenvalue weighted by molar-refractivity contribution is -0.142. The molecule has 0 amide bonds. The van der Waals surface area contributed by atoms with Gasteiger partial charge in [-0.2, -0.15) is 0 Å². The number of thiazole rings is 2. The number of carbonyl (C=O) groups is 2. The topological polar surface area (TPSA) is 150 Å². The number of hydrogen-bond acceptors (Lipinski definition) is 9. The summed E-state index contributed by atoms with van der Waals surface area (Å²) in [5.74, 6) is -1.47. The van der Waals surface area contributed by atoms with Gasteiger partial charge in [-0.25, -0.2) is 9.97 Å². The minimum absolute atomic E-state index is 0.343. The van der Waals surface area contributed by atoms with Gasteiger partial charge in [0.1, 0.15) is 0 Å². The van der Waals surface area contributed by atoms with Crippen LogP contribution >= 0.6 is 69.1 Å². The highest BCUT2D eigenvalue weighted by Crippen LogP contribution is 2.37. The van der Waals surface area contributed by atoms with Crippen molar-refractivity contribution in [2.24, 2.45) is 29.4 Å². The summed E-state index contributed by atoms with van der Waals surface area (Å²) >= 11 is 27.6. The number of halogens is 4. The Hall–Kier alpha value is -2.64. The minimum atomic E-state index is -0.798. The van der Waals surface area contributed by atoms with Crippen molar-refractivity contribution in [1.29, 1.82) is 0 Å². The number of carboxylic acids is 2. The molecule has 0 spiro atoms. The van der Waals surface area contributed by atoms with Crippen molar-refractivity contribution in [3.8, 4) is 22.5 Å². The molecular formula is C41H55Cl4N5O4S2. The van der Waals surface area contributed by atoms with Crippen molar-refractivity contribution in [1.82, 2.24) is 9.97 Å². The number of hydrogen-bond donors (Lipinski definition) is 5. The first-order chi connectivity index (χ1) is 26.6. The van der Waals surface area contributed by atoms with Crippen LogP contribution in [0.4, 0.5) is 10.3 Å². The van der Waals surface area contributed by atoms with Gasteiger partial charge in [-0.1, -0.05) is 119 Å². The Morgan fingerprint density at radius 1 is 0.679 bits per heavy atom. The Morgan fingerprint density at radius 2 is 1.09 bits per heavy atom. The van der Waals surface area contributed by atoms with Crippen LogP contribution < -0.4 is 16.4 Å². The molecule has 2 aromatic carbocycles. The number of nitrogens with zero attached hydrogens (tertiary/aromatic N) is 2. The third-order valence-corrected chi connectivity index (χ3v) is 12.4. The minimum Gasteiger partial charge on any atom is -0.481 e. The standard InChI is InChI=1S/C21H28Cl2N2O2S.C20H27Cl2N3O2S/c1-4-5-6-7-15(20(26)27)12-24-21-25-19(18(28-21)10-13(2)3)14-8-9-16(22)17(23)11-14;1-12(2)9-17-18(13-6-7-15(21)16(22)10-13)25-20(28-17)24-11-14(19(26)27)5-3-4-8-23/h8-9,11,13,15H,4-7,10,12H2,1-3H3,(H,24,25)(H,26,27);6-7,10,12,14H,3-5,8-9,11,23H2,1-2H3,(H,24,25)(H,26,27). The Balaban J connectivity index is 0.000000300. The summed E-state index contributed by atoms with van der Waals surface area (Å²) in [5.41, 5.74) is 9.09. The molecule has 2 unspecified atom stereocenters.